The summed E-state index contributed by atoms with van der Waals surface area (Å²) in [6, 6.07) is 12.1. The third-order valence-corrected chi connectivity index (χ3v) is 5.69. The van der Waals surface area contributed by atoms with Crippen molar-refractivity contribution in [1.82, 2.24) is 9.80 Å². The van der Waals surface area contributed by atoms with E-state index in [1.165, 1.54) is 0 Å². The van der Waals surface area contributed by atoms with Gasteiger partial charge in [0.1, 0.15) is 17.1 Å². The first-order valence-corrected chi connectivity index (χ1v) is 10.8. The minimum absolute atomic E-state index is 0.113. The van der Waals surface area contributed by atoms with Crippen LogP contribution in [0, 0.1) is 0 Å². The molecule has 0 spiro atoms. The van der Waals surface area contributed by atoms with Crippen LogP contribution < -0.4 is 14.9 Å². The smallest absolute Gasteiger partial charge is 0.290 e. The Morgan fingerprint density at radius 3 is 2.44 bits per heavy atom. The van der Waals surface area contributed by atoms with E-state index in [4.69, 9.17) is 13.9 Å². The lowest BCUT2D eigenvalue weighted by molar-refractivity contribution is 0.0722. The van der Waals surface area contributed by atoms with Gasteiger partial charge in [-0.1, -0.05) is 12.1 Å². The second-order valence-electron chi connectivity index (χ2n) is 8.10. The maximum absolute atomic E-state index is 13.6. The summed E-state index contributed by atoms with van der Waals surface area (Å²) in [5.41, 5.74) is 1.41. The monoisotopic (exact) mass is 436 g/mol. The van der Waals surface area contributed by atoms with Gasteiger partial charge in [-0.15, -0.1) is 0 Å². The Bertz CT molecular complexity index is 1180. The van der Waals surface area contributed by atoms with Crippen molar-refractivity contribution in [3.8, 4) is 11.5 Å². The molecule has 0 N–H and O–H groups in total. The fraction of sp³-hybridized carbons (Fsp3) is 0.360. The summed E-state index contributed by atoms with van der Waals surface area (Å²) < 4.78 is 16.8. The summed E-state index contributed by atoms with van der Waals surface area (Å²) in [5.74, 6) is 1.16. The Hall–Kier alpha value is -3.32. The number of benzene rings is 2. The van der Waals surface area contributed by atoms with E-state index >= 15 is 0 Å². The van der Waals surface area contributed by atoms with Crippen molar-refractivity contribution < 1.29 is 18.7 Å². The van der Waals surface area contributed by atoms with E-state index in [0.717, 1.165) is 18.5 Å². The van der Waals surface area contributed by atoms with Crippen molar-refractivity contribution in [3.63, 3.8) is 0 Å². The number of hydrogen-bond acceptors (Lipinski definition) is 6. The first-order chi connectivity index (χ1) is 15.4. The van der Waals surface area contributed by atoms with Gasteiger partial charge in [-0.3, -0.25) is 9.59 Å². The maximum atomic E-state index is 13.6. The molecule has 1 atom stereocenters. The Morgan fingerprint density at radius 2 is 1.78 bits per heavy atom. The highest BCUT2D eigenvalue weighted by atomic mass is 16.5. The standard InChI is InChI=1S/C25H28N2O5/c1-5-31-18-11-12-19-20(15-18)32-24-21(23(19)28)22(16-7-9-17(30-4)10-8-16)27(25(24)29)14-6-13-26(2)3/h7-12,15,22H,5-6,13-14H2,1-4H3. The van der Waals surface area contributed by atoms with Gasteiger partial charge < -0.3 is 23.7 Å². The first kappa shape index (κ1) is 21.9. The van der Waals surface area contributed by atoms with Crippen molar-refractivity contribution in [2.45, 2.75) is 19.4 Å². The Kier molecular flexibility index (Phi) is 6.19. The largest absolute Gasteiger partial charge is 0.497 e. The average Bonchev–Trinajstić information content (AvgIpc) is 3.06. The van der Waals surface area contributed by atoms with Crippen molar-refractivity contribution in [2.75, 3.05) is 40.9 Å². The van der Waals surface area contributed by atoms with Gasteiger partial charge in [-0.05, 0) is 63.8 Å². The summed E-state index contributed by atoms with van der Waals surface area (Å²) in [4.78, 5) is 30.8. The Balaban J connectivity index is 1.84. The molecule has 3 aromatic rings. The summed E-state index contributed by atoms with van der Waals surface area (Å²) in [7, 11) is 5.60. The van der Waals surface area contributed by atoms with Gasteiger partial charge in [0.2, 0.25) is 5.76 Å². The molecule has 1 unspecified atom stereocenters. The zero-order valence-corrected chi connectivity index (χ0v) is 18.9. The molecule has 0 fully saturated rings. The lowest BCUT2D eigenvalue weighted by Gasteiger charge is -2.25. The third-order valence-electron chi connectivity index (χ3n) is 5.69. The number of ether oxygens (including phenoxy) is 2. The molecular formula is C25H28N2O5. The van der Waals surface area contributed by atoms with Gasteiger partial charge in [0.15, 0.2) is 5.43 Å². The van der Waals surface area contributed by atoms with Crippen LogP contribution in [0.15, 0.2) is 51.7 Å². The molecule has 1 aliphatic heterocycles. The summed E-state index contributed by atoms with van der Waals surface area (Å²) in [5, 5.41) is 0.439. The highest BCUT2D eigenvalue weighted by Crippen LogP contribution is 2.39. The molecule has 1 aromatic heterocycles. The van der Waals surface area contributed by atoms with Gasteiger partial charge in [0, 0.05) is 12.6 Å². The number of hydrogen-bond donors (Lipinski definition) is 0. The average molecular weight is 437 g/mol. The molecular weight excluding hydrogens is 408 g/mol. The molecule has 0 saturated heterocycles. The van der Waals surface area contributed by atoms with Crippen molar-refractivity contribution >= 4 is 16.9 Å². The molecule has 0 aliphatic carbocycles. The van der Waals surface area contributed by atoms with Gasteiger partial charge in [-0.25, -0.2) is 0 Å². The fourth-order valence-corrected chi connectivity index (χ4v) is 4.18. The first-order valence-electron chi connectivity index (χ1n) is 10.8. The van der Waals surface area contributed by atoms with Gasteiger partial charge in [0.05, 0.1) is 30.7 Å². The number of fused-ring (bicyclic) bond motifs is 2. The van der Waals surface area contributed by atoms with Crippen LogP contribution in [0.5, 0.6) is 11.5 Å². The van der Waals surface area contributed by atoms with Crippen LogP contribution in [0.25, 0.3) is 11.0 Å². The van der Waals surface area contributed by atoms with E-state index in [0.29, 0.717) is 41.2 Å². The number of amides is 1. The second kappa shape index (κ2) is 9.04. The van der Waals surface area contributed by atoms with E-state index in [1.807, 2.05) is 45.3 Å². The van der Waals surface area contributed by atoms with Crippen LogP contribution in [0.4, 0.5) is 0 Å². The van der Waals surface area contributed by atoms with Crippen LogP contribution in [0.3, 0.4) is 0 Å². The normalized spacial score (nSPS) is 15.5. The molecule has 1 aliphatic rings. The molecule has 7 heteroatoms. The number of carbonyl (C=O) groups is 1. The highest BCUT2D eigenvalue weighted by molar-refractivity contribution is 5.99. The molecule has 1 amide bonds. The molecule has 7 nitrogen and oxygen atoms in total. The summed E-state index contributed by atoms with van der Waals surface area (Å²) in [6.45, 7) is 3.73. The van der Waals surface area contributed by atoms with E-state index < -0.39 is 6.04 Å². The summed E-state index contributed by atoms with van der Waals surface area (Å²) in [6.07, 6.45) is 0.779. The van der Waals surface area contributed by atoms with Crippen LogP contribution in [0.1, 0.15) is 41.1 Å². The van der Waals surface area contributed by atoms with E-state index in [-0.39, 0.29) is 17.1 Å². The van der Waals surface area contributed by atoms with E-state index in [2.05, 4.69) is 4.90 Å². The predicted molar refractivity (Wildman–Crippen MR) is 123 cm³/mol. The number of nitrogens with zero attached hydrogens (tertiary/aromatic N) is 2. The quantitative estimate of drug-likeness (QED) is 0.536. The van der Waals surface area contributed by atoms with Gasteiger partial charge >= 0.3 is 0 Å². The van der Waals surface area contributed by atoms with Gasteiger partial charge in [-0.2, -0.15) is 0 Å². The van der Waals surface area contributed by atoms with Crippen molar-refractivity contribution in [1.29, 1.82) is 0 Å². The fourth-order valence-electron chi connectivity index (χ4n) is 4.18. The SMILES string of the molecule is CCOc1ccc2c(=O)c3c(oc2c1)C(=O)N(CCCN(C)C)C3c1ccc(OC)cc1. The lowest BCUT2D eigenvalue weighted by Crippen LogP contribution is -2.32. The molecule has 2 heterocycles. The number of methoxy groups -OCH3 is 1. The molecule has 4 rings (SSSR count). The Labute approximate surface area is 187 Å². The van der Waals surface area contributed by atoms with Crippen LogP contribution >= 0.6 is 0 Å². The molecule has 2 aromatic carbocycles. The number of carbonyl (C=O) groups excluding carboxylic acids is 1. The topological polar surface area (TPSA) is 72.2 Å². The minimum Gasteiger partial charge on any atom is -0.497 e. The van der Waals surface area contributed by atoms with Crippen LogP contribution in [-0.2, 0) is 0 Å². The number of rotatable bonds is 8. The molecule has 0 saturated carbocycles. The highest BCUT2D eigenvalue weighted by Gasteiger charge is 2.42. The maximum Gasteiger partial charge on any atom is 0.290 e. The zero-order chi connectivity index (χ0) is 22.8. The third kappa shape index (κ3) is 3.96. The molecule has 0 bridgehead atoms. The van der Waals surface area contributed by atoms with E-state index in [1.54, 1.807) is 30.2 Å². The minimum atomic E-state index is -0.502. The van der Waals surface area contributed by atoms with E-state index in [9.17, 15) is 9.59 Å². The molecule has 32 heavy (non-hydrogen) atoms. The van der Waals surface area contributed by atoms with Gasteiger partial charge in [0.25, 0.3) is 5.91 Å². The zero-order valence-electron chi connectivity index (χ0n) is 18.9. The van der Waals surface area contributed by atoms with Crippen LogP contribution in [-0.4, -0.2) is 56.6 Å². The predicted octanol–water partition coefficient (Wildman–Crippen LogP) is 3.70. The lowest BCUT2D eigenvalue weighted by atomic mass is 9.98. The molecule has 168 valence electrons. The summed E-state index contributed by atoms with van der Waals surface area (Å²) >= 11 is 0. The second-order valence-corrected chi connectivity index (χ2v) is 8.10. The Morgan fingerprint density at radius 1 is 1.06 bits per heavy atom. The van der Waals surface area contributed by atoms with Crippen molar-refractivity contribution in [2.24, 2.45) is 0 Å². The molecule has 0 radical (unpaired) electrons. The van der Waals surface area contributed by atoms with Crippen molar-refractivity contribution in [3.05, 3.63) is 69.6 Å². The van der Waals surface area contributed by atoms with Crippen LogP contribution in [0.2, 0.25) is 0 Å².